The second-order valence-electron chi connectivity index (χ2n) is 13.2. The van der Waals surface area contributed by atoms with Crippen LogP contribution in [0.4, 0.5) is 11.9 Å². The van der Waals surface area contributed by atoms with Crippen molar-refractivity contribution in [2.45, 2.75) is 62.2 Å². The molecule has 6 rings (SSSR count). The number of nitrogens with one attached hydrogen (secondary N) is 4. The van der Waals surface area contributed by atoms with Crippen LogP contribution in [0.3, 0.4) is 0 Å². The SMILES string of the molecule is S=c1nc(SCNCCCCCCNCSc2nc(N(Cc3ccccc3)Cc3ccccc3)[nH]c(=S)n2)nc(N(Cc2ccccc2)Cc2ccccc2)[nH]1. The van der Waals surface area contributed by atoms with Gasteiger partial charge in [-0.05, 0) is 72.6 Å². The van der Waals surface area contributed by atoms with Gasteiger partial charge in [0.05, 0.1) is 0 Å². The lowest BCUT2D eigenvalue weighted by atomic mass is 10.2. The molecule has 0 aliphatic carbocycles. The fourth-order valence-electron chi connectivity index (χ4n) is 5.99. The maximum absolute atomic E-state index is 5.52. The fourth-order valence-corrected chi connectivity index (χ4v) is 7.83. The molecule has 0 radical (unpaired) electrons. The summed E-state index contributed by atoms with van der Waals surface area (Å²) in [6, 6.07) is 41.6. The van der Waals surface area contributed by atoms with E-state index < -0.39 is 0 Å². The smallest absolute Gasteiger partial charge is 0.208 e. The van der Waals surface area contributed by atoms with Gasteiger partial charge in [0.25, 0.3) is 0 Å². The van der Waals surface area contributed by atoms with Gasteiger partial charge < -0.3 is 30.4 Å². The van der Waals surface area contributed by atoms with Crippen LogP contribution in [-0.2, 0) is 26.2 Å². The zero-order chi connectivity index (χ0) is 38.6. The number of benzene rings is 4. The van der Waals surface area contributed by atoms with E-state index in [1.165, 1.54) is 22.3 Å². The minimum atomic E-state index is 0.435. The van der Waals surface area contributed by atoms with Gasteiger partial charge in [-0.3, -0.25) is 0 Å². The number of rotatable bonds is 23. The summed E-state index contributed by atoms with van der Waals surface area (Å²) in [7, 11) is 0. The Morgan fingerprint density at radius 3 is 1.09 bits per heavy atom. The largest absolute Gasteiger partial charge is 0.334 e. The number of H-pyrrole nitrogens is 2. The van der Waals surface area contributed by atoms with Gasteiger partial charge in [-0.15, -0.1) is 0 Å². The first-order chi connectivity index (χ1) is 27.6. The third-order valence-corrected chi connectivity index (χ3v) is 10.7. The summed E-state index contributed by atoms with van der Waals surface area (Å²) in [6.07, 6.45) is 4.55. The average Bonchev–Trinajstić information content (AvgIpc) is 3.22. The van der Waals surface area contributed by atoms with Crippen molar-refractivity contribution in [1.82, 2.24) is 40.5 Å². The number of thioether (sulfide) groups is 2. The van der Waals surface area contributed by atoms with Crippen LogP contribution in [0.25, 0.3) is 0 Å². The number of aromatic amines is 2. The molecule has 56 heavy (non-hydrogen) atoms. The topological polar surface area (TPSA) is 114 Å². The molecule has 2 heterocycles. The second-order valence-corrected chi connectivity index (χ2v) is 15.8. The molecule has 0 saturated heterocycles. The van der Waals surface area contributed by atoms with Gasteiger partial charge in [0.1, 0.15) is 0 Å². The van der Waals surface area contributed by atoms with E-state index in [9.17, 15) is 0 Å². The Bertz CT molecular complexity index is 1900. The van der Waals surface area contributed by atoms with Crippen LogP contribution in [0.2, 0.25) is 0 Å². The zero-order valence-electron chi connectivity index (χ0n) is 31.3. The van der Waals surface area contributed by atoms with Gasteiger partial charge in [-0.1, -0.05) is 158 Å². The second kappa shape index (κ2) is 23.0. The Morgan fingerprint density at radius 2 is 0.768 bits per heavy atom. The molecule has 0 aliphatic heterocycles. The van der Waals surface area contributed by atoms with Crippen molar-refractivity contribution in [3.63, 3.8) is 0 Å². The van der Waals surface area contributed by atoms with Crippen molar-refractivity contribution >= 4 is 59.9 Å². The van der Waals surface area contributed by atoms with Crippen LogP contribution in [0.5, 0.6) is 0 Å². The summed E-state index contributed by atoms with van der Waals surface area (Å²) in [5.74, 6) is 2.89. The fraction of sp³-hybridized carbons (Fsp3) is 0.286. The van der Waals surface area contributed by atoms with Gasteiger partial charge in [0, 0.05) is 37.9 Å². The van der Waals surface area contributed by atoms with Gasteiger partial charge in [0.2, 0.25) is 21.4 Å². The van der Waals surface area contributed by atoms with Gasteiger partial charge in [0.15, 0.2) is 10.3 Å². The first kappa shape index (κ1) is 41.2. The number of aromatic nitrogens is 6. The van der Waals surface area contributed by atoms with E-state index in [2.05, 4.69) is 137 Å². The van der Waals surface area contributed by atoms with Crippen LogP contribution >= 0.6 is 48.0 Å². The van der Waals surface area contributed by atoms with E-state index in [0.29, 0.717) is 46.0 Å². The molecule has 0 saturated carbocycles. The normalized spacial score (nSPS) is 11.1. The molecular formula is C42H48N10S4. The molecule has 10 nitrogen and oxygen atoms in total. The summed E-state index contributed by atoms with van der Waals surface area (Å²) in [5.41, 5.74) is 4.81. The first-order valence-electron chi connectivity index (χ1n) is 18.9. The minimum Gasteiger partial charge on any atom is -0.334 e. The summed E-state index contributed by atoms with van der Waals surface area (Å²) < 4.78 is 0.870. The van der Waals surface area contributed by atoms with Gasteiger partial charge in [-0.25, -0.2) is 0 Å². The minimum absolute atomic E-state index is 0.435. The molecule has 0 bridgehead atoms. The van der Waals surface area contributed by atoms with Crippen LogP contribution in [0.15, 0.2) is 132 Å². The summed E-state index contributed by atoms with van der Waals surface area (Å²) >= 11 is 14.2. The molecule has 0 atom stereocenters. The molecule has 0 fully saturated rings. The van der Waals surface area contributed by atoms with E-state index in [1.54, 1.807) is 23.5 Å². The molecule has 4 N–H and O–H groups in total. The Labute approximate surface area is 348 Å². The molecule has 6 aromatic rings. The quantitative estimate of drug-likeness (QED) is 0.0214. The van der Waals surface area contributed by atoms with Crippen molar-refractivity contribution in [3.8, 4) is 0 Å². The Morgan fingerprint density at radius 1 is 0.446 bits per heavy atom. The lowest BCUT2D eigenvalue weighted by Crippen LogP contribution is -2.25. The molecule has 0 aliphatic rings. The van der Waals surface area contributed by atoms with Gasteiger partial charge >= 0.3 is 0 Å². The molecule has 0 amide bonds. The molecule has 4 aromatic carbocycles. The molecule has 0 unspecified atom stereocenters. The summed E-state index contributed by atoms with van der Waals surface area (Å²) in [5, 5.41) is 8.40. The third-order valence-electron chi connectivity index (χ3n) is 8.76. The lowest BCUT2D eigenvalue weighted by molar-refractivity contribution is 0.594. The molecule has 290 valence electrons. The number of nitrogens with zero attached hydrogens (tertiary/aromatic N) is 6. The highest BCUT2D eigenvalue weighted by Crippen LogP contribution is 2.21. The van der Waals surface area contributed by atoms with Crippen molar-refractivity contribution in [2.75, 3.05) is 34.6 Å². The molecule has 14 heteroatoms. The predicted molar refractivity (Wildman–Crippen MR) is 236 cm³/mol. The van der Waals surface area contributed by atoms with E-state index in [1.807, 2.05) is 24.3 Å². The maximum atomic E-state index is 5.52. The highest BCUT2D eigenvalue weighted by atomic mass is 32.2. The van der Waals surface area contributed by atoms with Crippen molar-refractivity contribution in [1.29, 1.82) is 0 Å². The van der Waals surface area contributed by atoms with E-state index in [-0.39, 0.29) is 0 Å². The number of anilines is 2. The molecular weight excluding hydrogens is 773 g/mol. The zero-order valence-corrected chi connectivity index (χ0v) is 34.6. The average molecular weight is 821 g/mol. The first-order valence-corrected chi connectivity index (χ1v) is 21.7. The summed E-state index contributed by atoms with van der Waals surface area (Å²) in [6.45, 7) is 4.70. The monoisotopic (exact) mass is 820 g/mol. The van der Waals surface area contributed by atoms with Crippen molar-refractivity contribution in [2.24, 2.45) is 0 Å². The maximum Gasteiger partial charge on any atom is 0.208 e. The predicted octanol–water partition coefficient (Wildman–Crippen LogP) is 9.33. The third kappa shape index (κ3) is 14.3. The van der Waals surface area contributed by atoms with E-state index in [4.69, 9.17) is 34.4 Å². The summed E-state index contributed by atoms with van der Waals surface area (Å²) in [4.78, 5) is 29.6. The highest BCUT2D eigenvalue weighted by Gasteiger charge is 2.15. The lowest BCUT2D eigenvalue weighted by Gasteiger charge is -2.24. The standard InChI is InChI=1S/C42H48N10S4/c53-39-45-37(51(27-33-17-7-3-8-18-33)28-34-19-9-4-10-20-34)47-41(49-39)55-31-43-25-15-1-2-16-26-44-32-56-42-48-38(46-40(54)50-42)52(29-35-21-11-5-12-22-35)30-36-23-13-6-14-24-36/h3-14,17-24,43-44H,1-2,15-16,25-32H2,(H,45,47,49,53)(H,46,48,50,54). The molecule has 2 aromatic heterocycles. The van der Waals surface area contributed by atoms with Crippen LogP contribution < -0.4 is 20.4 Å². The van der Waals surface area contributed by atoms with Gasteiger partial charge in [-0.2, -0.15) is 19.9 Å². The van der Waals surface area contributed by atoms with Crippen molar-refractivity contribution in [3.05, 3.63) is 153 Å². The van der Waals surface area contributed by atoms with Crippen LogP contribution in [0, 0.1) is 9.54 Å². The number of hydrogen-bond acceptors (Lipinski definition) is 12. The van der Waals surface area contributed by atoms with Crippen LogP contribution in [-0.4, -0.2) is 54.7 Å². The number of unbranched alkanes of at least 4 members (excludes halogenated alkanes) is 3. The Kier molecular flexibility index (Phi) is 16.9. The Hall–Kier alpha value is -4.44. The van der Waals surface area contributed by atoms with Crippen LogP contribution in [0.1, 0.15) is 47.9 Å². The Balaban J connectivity index is 0.884. The van der Waals surface area contributed by atoms with E-state index >= 15 is 0 Å². The number of hydrogen-bond donors (Lipinski definition) is 4. The van der Waals surface area contributed by atoms with Crippen molar-refractivity contribution < 1.29 is 0 Å². The highest BCUT2D eigenvalue weighted by molar-refractivity contribution is 7.99. The van der Waals surface area contributed by atoms with E-state index in [0.717, 1.165) is 62.4 Å². The molecule has 0 spiro atoms.